The number of ether oxygens (including phenoxy) is 2. The van der Waals surface area contributed by atoms with Crippen molar-refractivity contribution in [1.29, 1.82) is 0 Å². The predicted molar refractivity (Wildman–Crippen MR) is 77.7 cm³/mol. The van der Waals surface area contributed by atoms with Gasteiger partial charge in [-0.05, 0) is 17.7 Å². The Hall–Kier alpha value is -2.29. The Kier molecular flexibility index (Phi) is 6.17. The molecule has 2 N–H and O–H groups in total. The van der Waals surface area contributed by atoms with Gasteiger partial charge in [-0.25, -0.2) is 8.42 Å². The van der Waals surface area contributed by atoms with Gasteiger partial charge in [-0.1, -0.05) is 6.07 Å². The van der Waals surface area contributed by atoms with Crippen LogP contribution in [0.4, 0.5) is 0 Å². The Morgan fingerprint density at radius 3 is 2.32 bits per heavy atom. The maximum absolute atomic E-state index is 11.6. The molecule has 0 bridgehead atoms. The van der Waals surface area contributed by atoms with Crippen molar-refractivity contribution in [3.63, 3.8) is 0 Å². The molecule has 0 aromatic heterocycles. The summed E-state index contributed by atoms with van der Waals surface area (Å²) in [7, 11) is -1.00. The van der Waals surface area contributed by atoms with Crippen LogP contribution in [0.2, 0.25) is 0 Å². The van der Waals surface area contributed by atoms with Crippen molar-refractivity contribution in [2.75, 3.05) is 25.7 Å². The standard InChI is InChI=1S/C13H17NO7S/c1-20-10-4-3-9(5-11(10)21-2)6-14-12(15)7-22(18,19)8-13(16)17/h3-5H,6-8H2,1-2H3,(H,14,15)(H,16,17). The Bertz CT molecular complexity index is 654. The second-order valence-electron chi connectivity index (χ2n) is 4.39. The molecule has 9 heteroatoms. The van der Waals surface area contributed by atoms with E-state index in [-0.39, 0.29) is 6.54 Å². The second-order valence-corrected chi connectivity index (χ2v) is 6.46. The van der Waals surface area contributed by atoms with Gasteiger partial charge in [0.1, 0.15) is 11.5 Å². The second kappa shape index (κ2) is 7.64. The number of nitrogens with one attached hydrogen (secondary N) is 1. The zero-order valence-electron chi connectivity index (χ0n) is 12.2. The topological polar surface area (TPSA) is 119 Å². The number of methoxy groups -OCH3 is 2. The van der Waals surface area contributed by atoms with Crippen molar-refractivity contribution in [3.8, 4) is 11.5 Å². The van der Waals surface area contributed by atoms with Gasteiger partial charge >= 0.3 is 5.97 Å². The molecule has 1 aromatic carbocycles. The van der Waals surface area contributed by atoms with E-state index in [4.69, 9.17) is 14.6 Å². The van der Waals surface area contributed by atoms with Crippen LogP contribution in [0, 0.1) is 0 Å². The highest BCUT2D eigenvalue weighted by Gasteiger charge is 2.20. The fourth-order valence-electron chi connectivity index (χ4n) is 1.68. The minimum absolute atomic E-state index is 0.0851. The van der Waals surface area contributed by atoms with E-state index < -0.39 is 33.2 Å². The molecule has 0 aliphatic rings. The number of carboxylic acid groups (broad SMARTS) is 1. The zero-order valence-corrected chi connectivity index (χ0v) is 13.0. The highest BCUT2D eigenvalue weighted by molar-refractivity contribution is 7.92. The first-order chi connectivity index (χ1) is 10.3. The van der Waals surface area contributed by atoms with Gasteiger partial charge in [0.25, 0.3) is 0 Å². The van der Waals surface area contributed by atoms with Crippen molar-refractivity contribution < 1.29 is 32.6 Å². The summed E-state index contributed by atoms with van der Waals surface area (Å²) in [6.45, 7) is 0.0851. The maximum Gasteiger partial charge on any atom is 0.318 e. The Morgan fingerprint density at radius 1 is 1.14 bits per heavy atom. The molecule has 0 unspecified atom stereocenters. The van der Waals surface area contributed by atoms with Crippen LogP contribution in [0.3, 0.4) is 0 Å². The first kappa shape index (κ1) is 17.8. The molecule has 22 heavy (non-hydrogen) atoms. The average Bonchev–Trinajstić information content (AvgIpc) is 2.42. The minimum Gasteiger partial charge on any atom is -0.493 e. The lowest BCUT2D eigenvalue weighted by molar-refractivity contribution is -0.134. The van der Waals surface area contributed by atoms with Gasteiger partial charge in [0, 0.05) is 6.54 Å². The van der Waals surface area contributed by atoms with Gasteiger partial charge in [-0.2, -0.15) is 0 Å². The molecule has 1 aromatic rings. The van der Waals surface area contributed by atoms with Gasteiger partial charge in [0.15, 0.2) is 21.3 Å². The summed E-state index contributed by atoms with van der Waals surface area (Å²) in [5.41, 5.74) is 0.682. The van der Waals surface area contributed by atoms with Gasteiger partial charge in [0.2, 0.25) is 5.91 Å². The van der Waals surface area contributed by atoms with E-state index in [1.807, 2.05) is 0 Å². The fraction of sp³-hybridized carbons (Fsp3) is 0.385. The van der Waals surface area contributed by atoms with Crippen LogP contribution in [0.1, 0.15) is 5.56 Å². The molecule has 0 aliphatic carbocycles. The third kappa shape index (κ3) is 5.60. The van der Waals surface area contributed by atoms with Crippen molar-refractivity contribution in [2.24, 2.45) is 0 Å². The summed E-state index contributed by atoms with van der Waals surface area (Å²) in [5, 5.41) is 10.9. The lowest BCUT2D eigenvalue weighted by Crippen LogP contribution is -2.32. The van der Waals surface area contributed by atoms with Crippen LogP contribution in [0.5, 0.6) is 11.5 Å². The molecule has 1 rings (SSSR count). The Morgan fingerprint density at radius 2 is 1.77 bits per heavy atom. The van der Waals surface area contributed by atoms with Crippen LogP contribution in [-0.4, -0.2) is 51.1 Å². The molecule has 0 spiro atoms. The lowest BCUT2D eigenvalue weighted by atomic mass is 10.2. The van der Waals surface area contributed by atoms with Crippen molar-refractivity contribution in [3.05, 3.63) is 23.8 Å². The molecule has 0 saturated carbocycles. The van der Waals surface area contributed by atoms with Crippen molar-refractivity contribution >= 4 is 21.7 Å². The summed E-state index contributed by atoms with van der Waals surface area (Å²) in [6, 6.07) is 4.99. The van der Waals surface area contributed by atoms with E-state index in [0.29, 0.717) is 17.1 Å². The van der Waals surface area contributed by atoms with E-state index in [2.05, 4.69) is 5.32 Å². The quantitative estimate of drug-likeness (QED) is 0.678. The number of carboxylic acids is 1. The van der Waals surface area contributed by atoms with Gasteiger partial charge in [0.05, 0.1) is 14.2 Å². The maximum atomic E-state index is 11.6. The van der Waals surface area contributed by atoms with Crippen molar-refractivity contribution in [1.82, 2.24) is 5.32 Å². The molecular weight excluding hydrogens is 314 g/mol. The number of rotatable bonds is 8. The van der Waals surface area contributed by atoms with Gasteiger partial charge in [-0.15, -0.1) is 0 Å². The van der Waals surface area contributed by atoms with Crippen LogP contribution >= 0.6 is 0 Å². The molecule has 0 saturated heterocycles. The molecule has 8 nitrogen and oxygen atoms in total. The van der Waals surface area contributed by atoms with Crippen LogP contribution in [0.15, 0.2) is 18.2 Å². The van der Waals surface area contributed by atoms with Gasteiger partial charge in [-0.3, -0.25) is 9.59 Å². The number of hydrogen-bond acceptors (Lipinski definition) is 6. The van der Waals surface area contributed by atoms with Crippen LogP contribution in [-0.2, 0) is 26.0 Å². The summed E-state index contributed by atoms with van der Waals surface area (Å²) in [6.07, 6.45) is 0. The van der Waals surface area contributed by atoms with E-state index in [1.165, 1.54) is 14.2 Å². The van der Waals surface area contributed by atoms with E-state index in [0.717, 1.165) is 0 Å². The van der Waals surface area contributed by atoms with Crippen molar-refractivity contribution in [2.45, 2.75) is 6.54 Å². The average molecular weight is 331 g/mol. The third-order valence-corrected chi connectivity index (χ3v) is 4.02. The largest absolute Gasteiger partial charge is 0.493 e. The van der Waals surface area contributed by atoms with Crippen LogP contribution in [0.25, 0.3) is 0 Å². The number of aliphatic carboxylic acids is 1. The number of hydrogen-bond donors (Lipinski definition) is 2. The van der Waals surface area contributed by atoms with Gasteiger partial charge < -0.3 is 19.9 Å². The molecule has 1 amide bonds. The number of sulfone groups is 1. The predicted octanol–water partition coefficient (Wildman–Crippen LogP) is -0.181. The molecule has 0 radical (unpaired) electrons. The Balaban J connectivity index is 2.63. The minimum atomic E-state index is -3.96. The third-order valence-electron chi connectivity index (χ3n) is 2.63. The number of benzene rings is 1. The number of carbonyl (C=O) groups excluding carboxylic acids is 1. The fourth-order valence-corrected chi connectivity index (χ4v) is 2.66. The molecule has 0 aliphatic heterocycles. The summed E-state index contributed by atoms with van der Waals surface area (Å²) in [5.74, 6) is -3.19. The number of amides is 1. The number of carbonyl (C=O) groups is 2. The van der Waals surface area contributed by atoms with E-state index in [9.17, 15) is 18.0 Å². The molecule has 0 fully saturated rings. The molecule has 0 heterocycles. The zero-order chi connectivity index (χ0) is 16.8. The smallest absolute Gasteiger partial charge is 0.318 e. The summed E-state index contributed by atoms with van der Waals surface area (Å²) >= 11 is 0. The summed E-state index contributed by atoms with van der Waals surface area (Å²) < 4.78 is 32.9. The highest BCUT2D eigenvalue weighted by Crippen LogP contribution is 2.27. The monoisotopic (exact) mass is 331 g/mol. The summed E-state index contributed by atoms with van der Waals surface area (Å²) in [4.78, 5) is 21.9. The highest BCUT2D eigenvalue weighted by atomic mass is 32.2. The first-order valence-corrected chi connectivity index (χ1v) is 7.99. The Labute approximate surface area is 128 Å². The first-order valence-electron chi connectivity index (χ1n) is 6.17. The SMILES string of the molecule is COc1ccc(CNC(=O)CS(=O)(=O)CC(=O)O)cc1OC. The molecule has 122 valence electrons. The molecule has 0 atom stereocenters. The lowest BCUT2D eigenvalue weighted by Gasteiger charge is -2.10. The van der Waals surface area contributed by atoms with Crippen LogP contribution < -0.4 is 14.8 Å². The molecular formula is C13H17NO7S. The van der Waals surface area contributed by atoms with E-state index >= 15 is 0 Å². The van der Waals surface area contributed by atoms with E-state index in [1.54, 1.807) is 18.2 Å². The normalized spacial score (nSPS) is 10.8.